The maximum Gasteiger partial charge on any atom is 0.233 e. The van der Waals surface area contributed by atoms with Crippen LogP contribution in [0.25, 0.3) is 0 Å². The summed E-state index contributed by atoms with van der Waals surface area (Å²) in [7, 11) is 0. The maximum atomic E-state index is 11.8. The van der Waals surface area contributed by atoms with Crippen molar-refractivity contribution in [2.24, 2.45) is 5.92 Å². The summed E-state index contributed by atoms with van der Waals surface area (Å²) in [4.78, 5) is 16.1. The minimum atomic E-state index is -0.256. The van der Waals surface area contributed by atoms with Crippen LogP contribution in [0, 0.1) is 5.92 Å². The number of rotatable bonds is 5. The number of nitrogens with one attached hydrogen (secondary N) is 1. The number of thiazole rings is 1. The summed E-state index contributed by atoms with van der Waals surface area (Å²) in [5.41, 5.74) is 0. The van der Waals surface area contributed by atoms with Gasteiger partial charge in [-0.3, -0.25) is 4.79 Å². The first-order valence-electron chi connectivity index (χ1n) is 5.44. The van der Waals surface area contributed by atoms with Crippen molar-refractivity contribution in [2.45, 2.75) is 38.5 Å². The van der Waals surface area contributed by atoms with Gasteiger partial charge in [-0.15, -0.1) is 11.3 Å². The summed E-state index contributed by atoms with van der Waals surface area (Å²) in [6.07, 6.45) is 2.60. The Morgan fingerprint density at radius 2 is 2.31 bits per heavy atom. The van der Waals surface area contributed by atoms with Gasteiger partial charge in [-0.05, 0) is 12.3 Å². The van der Waals surface area contributed by atoms with Crippen molar-refractivity contribution >= 4 is 29.9 Å². The first-order valence-corrected chi connectivity index (χ1v) is 6.83. The van der Waals surface area contributed by atoms with E-state index in [0.29, 0.717) is 0 Å². The Morgan fingerprint density at radius 3 is 2.75 bits per heavy atom. The molecule has 0 aliphatic rings. The van der Waals surface area contributed by atoms with Crippen LogP contribution >= 0.6 is 24.0 Å². The molecular formula is C11H18N2OS2. The molecule has 0 saturated carbocycles. The van der Waals surface area contributed by atoms with Gasteiger partial charge >= 0.3 is 0 Å². The molecule has 0 saturated heterocycles. The van der Waals surface area contributed by atoms with Crippen molar-refractivity contribution in [3.05, 3.63) is 16.6 Å². The monoisotopic (exact) mass is 258 g/mol. The van der Waals surface area contributed by atoms with Crippen LogP contribution < -0.4 is 5.32 Å². The van der Waals surface area contributed by atoms with Crippen LogP contribution in [-0.2, 0) is 4.79 Å². The Labute approximate surface area is 106 Å². The van der Waals surface area contributed by atoms with E-state index in [1.165, 1.54) is 0 Å². The summed E-state index contributed by atoms with van der Waals surface area (Å²) in [5.74, 6) is 0.220. The third-order valence-corrected chi connectivity index (χ3v) is 4.09. The molecule has 2 atom stereocenters. The second-order valence-electron chi connectivity index (χ2n) is 4.03. The van der Waals surface area contributed by atoms with E-state index in [0.717, 1.165) is 11.4 Å². The Bertz CT molecular complexity index is 325. The van der Waals surface area contributed by atoms with E-state index < -0.39 is 0 Å². The normalized spacial score (nSPS) is 14.8. The van der Waals surface area contributed by atoms with Gasteiger partial charge in [0.1, 0.15) is 5.01 Å². The Hall–Kier alpha value is -0.550. The highest BCUT2D eigenvalue weighted by Gasteiger charge is 2.21. The molecule has 1 rings (SSSR count). The lowest BCUT2D eigenvalue weighted by molar-refractivity contribution is -0.122. The number of amides is 1. The van der Waals surface area contributed by atoms with Gasteiger partial charge < -0.3 is 5.32 Å². The number of thiol groups is 1. The standard InChI is InChI=1S/C11H18N2OS2/c1-4-8(11-12-5-6-16-11)13-10(14)9(15)7(2)3/h5-9,15H,4H2,1-3H3,(H,13,14). The molecule has 0 bridgehead atoms. The highest BCUT2D eigenvalue weighted by atomic mass is 32.1. The summed E-state index contributed by atoms with van der Waals surface area (Å²) in [6.45, 7) is 6.01. The zero-order chi connectivity index (χ0) is 12.1. The van der Waals surface area contributed by atoms with E-state index in [1.54, 1.807) is 17.5 Å². The van der Waals surface area contributed by atoms with Crippen LogP contribution in [0.1, 0.15) is 38.2 Å². The van der Waals surface area contributed by atoms with Gasteiger partial charge in [0.25, 0.3) is 0 Å². The second kappa shape index (κ2) is 6.25. The highest BCUT2D eigenvalue weighted by molar-refractivity contribution is 7.81. The lowest BCUT2D eigenvalue weighted by Crippen LogP contribution is -2.36. The topological polar surface area (TPSA) is 42.0 Å². The molecule has 16 heavy (non-hydrogen) atoms. The van der Waals surface area contributed by atoms with Crippen LogP contribution in [-0.4, -0.2) is 16.1 Å². The molecule has 1 heterocycles. The second-order valence-corrected chi connectivity index (χ2v) is 5.51. The molecule has 0 radical (unpaired) electrons. The zero-order valence-corrected chi connectivity index (χ0v) is 11.5. The van der Waals surface area contributed by atoms with Crippen molar-refractivity contribution in [3.8, 4) is 0 Å². The Balaban J connectivity index is 2.61. The van der Waals surface area contributed by atoms with E-state index in [1.807, 2.05) is 26.2 Å². The molecule has 2 unspecified atom stereocenters. The van der Waals surface area contributed by atoms with Gasteiger partial charge in [-0.25, -0.2) is 4.98 Å². The van der Waals surface area contributed by atoms with Crippen molar-refractivity contribution in [3.63, 3.8) is 0 Å². The number of aromatic nitrogens is 1. The van der Waals surface area contributed by atoms with Gasteiger partial charge in [-0.1, -0.05) is 20.8 Å². The van der Waals surface area contributed by atoms with Crippen molar-refractivity contribution in [2.75, 3.05) is 0 Å². The first kappa shape index (κ1) is 13.5. The minimum absolute atomic E-state index is 0.0135. The molecular weight excluding hydrogens is 240 g/mol. The Morgan fingerprint density at radius 1 is 1.62 bits per heavy atom. The number of carbonyl (C=O) groups is 1. The molecule has 0 spiro atoms. The average molecular weight is 258 g/mol. The zero-order valence-electron chi connectivity index (χ0n) is 9.80. The van der Waals surface area contributed by atoms with E-state index in [-0.39, 0.29) is 23.1 Å². The predicted molar refractivity (Wildman–Crippen MR) is 70.9 cm³/mol. The lowest BCUT2D eigenvalue weighted by Gasteiger charge is -2.19. The summed E-state index contributed by atoms with van der Waals surface area (Å²) < 4.78 is 0. The van der Waals surface area contributed by atoms with E-state index in [4.69, 9.17) is 0 Å². The molecule has 1 aromatic rings. The number of nitrogens with zero attached hydrogens (tertiary/aromatic N) is 1. The fourth-order valence-corrected chi connectivity index (χ4v) is 2.15. The van der Waals surface area contributed by atoms with Gasteiger partial charge in [0.05, 0.1) is 11.3 Å². The number of hydrogen-bond acceptors (Lipinski definition) is 4. The van der Waals surface area contributed by atoms with Gasteiger partial charge in [0.2, 0.25) is 5.91 Å². The molecule has 1 N–H and O–H groups in total. The molecule has 3 nitrogen and oxygen atoms in total. The van der Waals surface area contributed by atoms with Gasteiger partial charge in [-0.2, -0.15) is 12.6 Å². The third-order valence-electron chi connectivity index (χ3n) is 2.37. The smallest absolute Gasteiger partial charge is 0.233 e. The van der Waals surface area contributed by atoms with Crippen LogP contribution in [0.4, 0.5) is 0 Å². The van der Waals surface area contributed by atoms with Crippen LogP contribution in [0.3, 0.4) is 0 Å². The SMILES string of the molecule is CCC(NC(=O)C(S)C(C)C)c1nccs1. The molecule has 5 heteroatoms. The number of hydrogen-bond donors (Lipinski definition) is 2. The maximum absolute atomic E-state index is 11.8. The Kier molecular flexibility index (Phi) is 5.28. The summed E-state index contributed by atoms with van der Waals surface area (Å²) in [6, 6.07) is 0.0147. The van der Waals surface area contributed by atoms with Crippen LogP contribution in [0.5, 0.6) is 0 Å². The van der Waals surface area contributed by atoms with Crippen molar-refractivity contribution < 1.29 is 4.79 Å². The fourth-order valence-electron chi connectivity index (χ4n) is 1.30. The molecule has 90 valence electrons. The third kappa shape index (κ3) is 3.49. The molecule has 0 aliphatic heterocycles. The fraction of sp³-hybridized carbons (Fsp3) is 0.636. The van der Waals surface area contributed by atoms with Crippen molar-refractivity contribution in [1.29, 1.82) is 0 Å². The van der Waals surface area contributed by atoms with E-state index in [9.17, 15) is 4.79 Å². The molecule has 0 aliphatic carbocycles. The van der Waals surface area contributed by atoms with Crippen molar-refractivity contribution in [1.82, 2.24) is 10.3 Å². The quantitative estimate of drug-likeness (QED) is 0.797. The molecule has 0 aromatic carbocycles. The van der Waals surface area contributed by atoms with E-state index in [2.05, 4.69) is 22.9 Å². The largest absolute Gasteiger partial charge is 0.346 e. The van der Waals surface area contributed by atoms with Gasteiger partial charge in [0.15, 0.2) is 0 Å². The van der Waals surface area contributed by atoms with Gasteiger partial charge in [0, 0.05) is 11.6 Å². The lowest BCUT2D eigenvalue weighted by atomic mass is 10.1. The first-order chi connectivity index (χ1) is 7.56. The van der Waals surface area contributed by atoms with E-state index >= 15 is 0 Å². The molecule has 1 aromatic heterocycles. The van der Waals surface area contributed by atoms with Crippen LogP contribution in [0.2, 0.25) is 0 Å². The molecule has 0 fully saturated rings. The van der Waals surface area contributed by atoms with Crippen LogP contribution in [0.15, 0.2) is 11.6 Å². The highest BCUT2D eigenvalue weighted by Crippen LogP contribution is 2.20. The number of carbonyl (C=O) groups excluding carboxylic acids is 1. The summed E-state index contributed by atoms with van der Waals surface area (Å²) in [5, 5.41) is 5.61. The predicted octanol–water partition coefficient (Wildman–Crippen LogP) is 2.66. The molecule has 1 amide bonds. The minimum Gasteiger partial charge on any atom is -0.346 e. The average Bonchev–Trinajstić information content (AvgIpc) is 2.77. The summed E-state index contributed by atoms with van der Waals surface area (Å²) >= 11 is 5.87.